The van der Waals surface area contributed by atoms with E-state index in [4.69, 9.17) is 4.99 Å². The predicted octanol–water partition coefficient (Wildman–Crippen LogP) is 2.21. The van der Waals surface area contributed by atoms with E-state index in [2.05, 4.69) is 47.5 Å². The van der Waals surface area contributed by atoms with Crippen molar-refractivity contribution in [2.75, 3.05) is 26.2 Å². The van der Waals surface area contributed by atoms with Crippen molar-refractivity contribution in [3.8, 4) is 0 Å². The number of nitrogens with zero attached hydrogens (tertiary/aromatic N) is 2. The second-order valence-corrected chi connectivity index (χ2v) is 6.43. The first-order valence-electron chi connectivity index (χ1n) is 8.54. The lowest BCUT2D eigenvalue weighted by atomic mass is 10.1. The third-order valence-electron chi connectivity index (χ3n) is 4.72. The number of benzene rings is 1. The van der Waals surface area contributed by atoms with Gasteiger partial charge in [0.05, 0.1) is 6.10 Å². The fourth-order valence-electron chi connectivity index (χ4n) is 3.27. The summed E-state index contributed by atoms with van der Waals surface area (Å²) >= 11 is 0. The maximum atomic E-state index is 9.64. The largest absolute Gasteiger partial charge is 0.393 e. The molecule has 2 N–H and O–H groups in total. The first-order valence-corrected chi connectivity index (χ1v) is 8.54. The van der Waals surface area contributed by atoms with Gasteiger partial charge in [0.2, 0.25) is 0 Å². The summed E-state index contributed by atoms with van der Waals surface area (Å²) in [4.78, 5) is 7.14. The summed E-state index contributed by atoms with van der Waals surface area (Å²) in [6.07, 6.45) is 2.82. The zero-order valence-electron chi connectivity index (χ0n) is 13.4. The van der Waals surface area contributed by atoms with Gasteiger partial charge in [0, 0.05) is 26.2 Å². The molecule has 2 atom stereocenters. The van der Waals surface area contributed by atoms with Crippen LogP contribution >= 0.6 is 0 Å². The molecule has 2 fully saturated rings. The Morgan fingerprint density at radius 3 is 2.68 bits per heavy atom. The van der Waals surface area contributed by atoms with Gasteiger partial charge in [-0.05, 0) is 43.6 Å². The van der Waals surface area contributed by atoms with Gasteiger partial charge in [-0.2, -0.15) is 0 Å². The monoisotopic (exact) mass is 301 g/mol. The Bertz CT molecular complexity index is 494. The van der Waals surface area contributed by atoms with Crippen molar-refractivity contribution in [1.29, 1.82) is 0 Å². The Balaban J connectivity index is 1.55. The number of nitrogens with one attached hydrogen (secondary N) is 1. The van der Waals surface area contributed by atoms with Gasteiger partial charge < -0.3 is 15.3 Å². The van der Waals surface area contributed by atoms with Crippen LogP contribution in [0.25, 0.3) is 0 Å². The number of aliphatic hydroxyl groups is 1. The van der Waals surface area contributed by atoms with Gasteiger partial charge in [-0.3, -0.25) is 4.99 Å². The molecule has 1 aromatic rings. The summed E-state index contributed by atoms with van der Waals surface area (Å²) in [5.74, 6) is 2.40. The van der Waals surface area contributed by atoms with E-state index in [0.717, 1.165) is 45.0 Å². The van der Waals surface area contributed by atoms with Crippen LogP contribution < -0.4 is 5.32 Å². The standard InChI is InChI=1S/C18H27N3O/c1-2-19-18(21-10-8-16(22)9-11-21)20-13-15-12-17(15)14-6-4-3-5-7-14/h3-7,15-17,22H,2,8-13H2,1H3,(H,19,20). The van der Waals surface area contributed by atoms with Gasteiger partial charge in [-0.25, -0.2) is 0 Å². The van der Waals surface area contributed by atoms with E-state index >= 15 is 0 Å². The maximum Gasteiger partial charge on any atom is 0.193 e. The molecule has 1 heterocycles. The second kappa shape index (κ2) is 7.14. The van der Waals surface area contributed by atoms with Gasteiger partial charge >= 0.3 is 0 Å². The number of hydrogen-bond donors (Lipinski definition) is 2. The number of piperidine rings is 1. The zero-order valence-corrected chi connectivity index (χ0v) is 13.4. The van der Waals surface area contributed by atoms with Crippen LogP contribution in [0.1, 0.15) is 37.7 Å². The molecule has 1 aliphatic carbocycles. The highest BCUT2D eigenvalue weighted by atomic mass is 16.3. The van der Waals surface area contributed by atoms with Crippen LogP contribution in [0, 0.1) is 5.92 Å². The number of aliphatic imine (C=N–C) groups is 1. The fourth-order valence-corrected chi connectivity index (χ4v) is 3.27. The summed E-state index contributed by atoms with van der Waals surface area (Å²) in [7, 11) is 0. The third-order valence-corrected chi connectivity index (χ3v) is 4.72. The molecule has 2 unspecified atom stereocenters. The van der Waals surface area contributed by atoms with Gasteiger partial charge in [-0.15, -0.1) is 0 Å². The number of aliphatic hydroxyl groups excluding tert-OH is 1. The normalized spacial score (nSPS) is 26.1. The second-order valence-electron chi connectivity index (χ2n) is 6.43. The molecular weight excluding hydrogens is 274 g/mol. The van der Waals surface area contributed by atoms with Crippen molar-refractivity contribution >= 4 is 5.96 Å². The summed E-state index contributed by atoms with van der Waals surface area (Å²) in [5.41, 5.74) is 1.45. The van der Waals surface area contributed by atoms with Crippen molar-refractivity contribution in [1.82, 2.24) is 10.2 Å². The van der Waals surface area contributed by atoms with Gasteiger partial charge in [0.1, 0.15) is 0 Å². The molecule has 1 aromatic carbocycles. The molecule has 22 heavy (non-hydrogen) atoms. The molecular formula is C18H27N3O. The molecule has 0 amide bonds. The Kier molecular flexibility index (Phi) is 4.98. The topological polar surface area (TPSA) is 47.9 Å². The first kappa shape index (κ1) is 15.3. The van der Waals surface area contributed by atoms with Crippen LogP contribution in [0.4, 0.5) is 0 Å². The van der Waals surface area contributed by atoms with Gasteiger partial charge in [0.25, 0.3) is 0 Å². The predicted molar refractivity (Wildman–Crippen MR) is 90.1 cm³/mol. The minimum Gasteiger partial charge on any atom is -0.393 e. The minimum atomic E-state index is -0.134. The SMILES string of the molecule is CCNC(=NCC1CC1c1ccccc1)N1CCC(O)CC1. The molecule has 3 rings (SSSR count). The molecule has 1 saturated heterocycles. The zero-order chi connectivity index (χ0) is 15.4. The lowest BCUT2D eigenvalue weighted by Gasteiger charge is -2.32. The number of guanidine groups is 1. The highest BCUT2D eigenvalue weighted by Gasteiger charge is 2.37. The first-order chi connectivity index (χ1) is 10.8. The third kappa shape index (κ3) is 3.80. The molecule has 0 radical (unpaired) electrons. The van der Waals surface area contributed by atoms with Crippen molar-refractivity contribution in [3.05, 3.63) is 35.9 Å². The van der Waals surface area contributed by atoms with Crippen LogP contribution in [0.3, 0.4) is 0 Å². The molecule has 1 saturated carbocycles. The van der Waals surface area contributed by atoms with E-state index in [1.165, 1.54) is 12.0 Å². The van der Waals surface area contributed by atoms with Crippen molar-refractivity contribution in [2.24, 2.45) is 10.9 Å². The molecule has 0 aromatic heterocycles. The Morgan fingerprint density at radius 1 is 1.27 bits per heavy atom. The molecule has 4 heteroatoms. The van der Waals surface area contributed by atoms with Crippen molar-refractivity contribution < 1.29 is 5.11 Å². The van der Waals surface area contributed by atoms with Crippen LogP contribution in [-0.2, 0) is 0 Å². The lowest BCUT2D eigenvalue weighted by Crippen LogP contribution is -2.46. The van der Waals surface area contributed by atoms with Crippen LogP contribution in [0.2, 0.25) is 0 Å². The van der Waals surface area contributed by atoms with Crippen LogP contribution in [-0.4, -0.2) is 48.2 Å². The van der Waals surface area contributed by atoms with E-state index in [0.29, 0.717) is 11.8 Å². The smallest absolute Gasteiger partial charge is 0.193 e. The molecule has 0 spiro atoms. The number of rotatable bonds is 4. The quantitative estimate of drug-likeness (QED) is 0.662. The van der Waals surface area contributed by atoms with Crippen LogP contribution in [0.15, 0.2) is 35.3 Å². The highest BCUT2D eigenvalue weighted by Crippen LogP contribution is 2.47. The Labute approximate surface area is 133 Å². The van der Waals surface area contributed by atoms with E-state index < -0.39 is 0 Å². The molecule has 4 nitrogen and oxygen atoms in total. The van der Waals surface area contributed by atoms with Gasteiger partial charge in [-0.1, -0.05) is 30.3 Å². The average Bonchev–Trinajstić information content (AvgIpc) is 3.33. The Hall–Kier alpha value is -1.55. The van der Waals surface area contributed by atoms with E-state index in [1.54, 1.807) is 0 Å². The number of hydrogen-bond acceptors (Lipinski definition) is 2. The van der Waals surface area contributed by atoms with E-state index in [-0.39, 0.29) is 6.10 Å². The summed E-state index contributed by atoms with van der Waals surface area (Å²) < 4.78 is 0. The maximum absolute atomic E-state index is 9.64. The summed E-state index contributed by atoms with van der Waals surface area (Å²) in [6, 6.07) is 10.8. The minimum absolute atomic E-state index is 0.134. The number of likely N-dealkylation sites (tertiary alicyclic amines) is 1. The van der Waals surface area contributed by atoms with Crippen molar-refractivity contribution in [3.63, 3.8) is 0 Å². The molecule has 0 bridgehead atoms. The molecule has 2 aliphatic rings. The fraction of sp³-hybridized carbons (Fsp3) is 0.611. The van der Waals surface area contributed by atoms with E-state index in [1.807, 2.05) is 0 Å². The molecule has 1 aliphatic heterocycles. The average molecular weight is 301 g/mol. The van der Waals surface area contributed by atoms with Gasteiger partial charge in [0.15, 0.2) is 5.96 Å². The highest BCUT2D eigenvalue weighted by molar-refractivity contribution is 5.80. The molecule has 120 valence electrons. The van der Waals surface area contributed by atoms with E-state index in [9.17, 15) is 5.11 Å². The van der Waals surface area contributed by atoms with Crippen LogP contribution in [0.5, 0.6) is 0 Å². The summed E-state index contributed by atoms with van der Waals surface area (Å²) in [5, 5.41) is 13.0. The van der Waals surface area contributed by atoms with Crippen molar-refractivity contribution in [2.45, 2.75) is 38.2 Å². The Morgan fingerprint density at radius 2 is 2.00 bits per heavy atom. The summed E-state index contributed by atoms with van der Waals surface area (Å²) in [6.45, 7) is 5.71. The lowest BCUT2D eigenvalue weighted by molar-refractivity contribution is 0.108.